The van der Waals surface area contributed by atoms with Crippen LogP contribution in [-0.2, 0) is 15.9 Å². The van der Waals surface area contributed by atoms with E-state index in [1.165, 1.54) is 6.07 Å². The number of fused-ring (bicyclic) bond motifs is 1. The van der Waals surface area contributed by atoms with Crippen LogP contribution in [-0.4, -0.2) is 14.7 Å². The van der Waals surface area contributed by atoms with Gasteiger partial charge in [0.15, 0.2) is 0 Å². The summed E-state index contributed by atoms with van der Waals surface area (Å²) in [6, 6.07) is 10.3. The number of nitrogens with one attached hydrogen (secondary N) is 1. The van der Waals surface area contributed by atoms with Gasteiger partial charge in [0.25, 0.3) is 5.91 Å². The molecule has 0 spiro atoms. The van der Waals surface area contributed by atoms with Crippen LogP contribution >= 0.6 is 0 Å². The molecule has 1 aromatic carbocycles. The Morgan fingerprint density at radius 2 is 2.00 bits per heavy atom. The molecule has 0 radical (unpaired) electrons. The zero-order valence-electron chi connectivity index (χ0n) is 9.62. The molecule has 1 aliphatic heterocycles. The molecule has 1 aromatic heterocycles. The number of hydrogen-bond donors (Lipinski definition) is 2. The van der Waals surface area contributed by atoms with E-state index in [0.29, 0.717) is 11.3 Å². The summed E-state index contributed by atoms with van der Waals surface area (Å²) in [5.41, 5.74) is 2.01. The van der Waals surface area contributed by atoms with E-state index in [0.717, 1.165) is 11.3 Å². The Bertz CT molecular complexity index is 717. The summed E-state index contributed by atoms with van der Waals surface area (Å²) >= 11 is -2.16. The average Bonchev–Trinajstić information content (AvgIpc) is 2.96. The van der Waals surface area contributed by atoms with E-state index in [4.69, 9.17) is 8.97 Å². The van der Waals surface area contributed by atoms with Gasteiger partial charge in [-0.3, -0.25) is 9.35 Å². The Morgan fingerprint density at radius 3 is 2.74 bits per heavy atom. The van der Waals surface area contributed by atoms with Crippen molar-refractivity contribution >= 4 is 34.3 Å². The van der Waals surface area contributed by atoms with Crippen LogP contribution in [0.1, 0.15) is 11.3 Å². The van der Waals surface area contributed by atoms with Crippen molar-refractivity contribution in [2.75, 3.05) is 5.32 Å². The molecule has 1 unspecified atom stereocenters. The van der Waals surface area contributed by atoms with Gasteiger partial charge in [-0.25, -0.2) is 4.21 Å². The molecule has 5 nitrogen and oxygen atoms in total. The second kappa shape index (κ2) is 4.49. The first-order chi connectivity index (χ1) is 9.15. The first-order valence-electron chi connectivity index (χ1n) is 5.48. The maximum Gasteiger partial charge on any atom is 0.256 e. The normalized spacial score (nSPS) is 17.3. The van der Waals surface area contributed by atoms with Crippen LogP contribution in [0, 0.1) is 0 Å². The molecule has 1 atom stereocenters. The van der Waals surface area contributed by atoms with E-state index < -0.39 is 11.1 Å². The van der Waals surface area contributed by atoms with Gasteiger partial charge in [-0.15, -0.1) is 0 Å². The third kappa shape index (κ3) is 2.11. The van der Waals surface area contributed by atoms with Crippen molar-refractivity contribution in [2.24, 2.45) is 0 Å². The molecule has 96 valence electrons. The molecule has 0 saturated heterocycles. The van der Waals surface area contributed by atoms with Crippen LogP contribution in [0.15, 0.2) is 45.9 Å². The van der Waals surface area contributed by atoms with E-state index >= 15 is 0 Å². The van der Waals surface area contributed by atoms with Gasteiger partial charge < -0.3 is 9.73 Å². The van der Waals surface area contributed by atoms with Crippen molar-refractivity contribution in [1.82, 2.24) is 0 Å². The van der Waals surface area contributed by atoms with Gasteiger partial charge in [0, 0.05) is 11.3 Å². The molecule has 2 aromatic rings. The molecule has 0 fully saturated rings. The number of anilines is 1. The Balaban J connectivity index is 2.03. The highest BCUT2D eigenvalue weighted by Gasteiger charge is 2.23. The Morgan fingerprint density at radius 1 is 1.21 bits per heavy atom. The summed E-state index contributed by atoms with van der Waals surface area (Å²) in [5.74, 6) is 0.142. The van der Waals surface area contributed by atoms with Crippen molar-refractivity contribution in [1.29, 1.82) is 0 Å². The maximum absolute atomic E-state index is 11.8. The standard InChI is InChI=1S/C13H9NO4S/c15-13-10(9-3-1-2-4-11(9)14-13)7-8-5-6-12(18-8)19(16)17/h1-7H,(H,14,15)(H,16,17). The summed E-state index contributed by atoms with van der Waals surface area (Å²) < 4.78 is 24.9. The Kier molecular flexibility index (Phi) is 2.81. The Hall–Kier alpha value is -2.18. The monoisotopic (exact) mass is 275 g/mol. The minimum atomic E-state index is -2.16. The summed E-state index contributed by atoms with van der Waals surface area (Å²) in [6.45, 7) is 0. The predicted octanol–water partition coefficient (Wildman–Crippen LogP) is 2.35. The van der Waals surface area contributed by atoms with Gasteiger partial charge in [-0.2, -0.15) is 0 Å². The van der Waals surface area contributed by atoms with Gasteiger partial charge >= 0.3 is 0 Å². The summed E-state index contributed by atoms with van der Waals surface area (Å²) in [6.07, 6.45) is 1.55. The van der Waals surface area contributed by atoms with Gasteiger partial charge in [-0.1, -0.05) is 18.2 Å². The van der Waals surface area contributed by atoms with E-state index in [1.54, 1.807) is 12.1 Å². The lowest BCUT2D eigenvalue weighted by atomic mass is 10.1. The fourth-order valence-electron chi connectivity index (χ4n) is 1.93. The fourth-order valence-corrected chi connectivity index (χ4v) is 2.28. The van der Waals surface area contributed by atoms with E-state index in [-0.39, 0.29) is 11.0 Å². The highest BCUT2D eigenvalue weighted by atomic mass is 32.2. The summed E-state index contributed by atoms with van der Waals surface area (Å²) in [4.78, 5) is 11.8. The molecule has 2 heterocycles. The number of para-hydroxylation sites is 1. The third-order valence-electron chi connectivity index (χ3n) is 2.77. The van der Waals surface area contributed by atoms with Crippen LogP contribution in [0.5, 0.6) is 0 Å². The zero-order chi connectivity index (χ0) is 13.4. The lowest BCUT2D eigenvalue weighted by Gasteiger charge is -1.95. The van der Waals surface area contributed by atoms with Crippen molar-refractivity contribution in [3.8, 4) is 0 Å². The number of benzene rings is 1. The number of furan rings is 1. The molecule has 1 amide bonds. The van der Waals surface area contributed by atoms with Gasteiger partial charge in [-0.05, 0) is 24.3 Å². The van der Waals surface area contributed by atoms with Gasteiger partial charge in [0.05, 0.1) is 5.57 Å². The first kappa shape index (κ1) is 11.9. The van der Waals surface area contributed by atoms with E-state index in [9.17, 15) is 9.00 Å². The average molecular weight is 275 g/mol. The fraction of sp³-hybridized carbons (Fsp3) is 0. The highest BCUT2D eigenvalue weighted by molar-refractivity contribution is 7.79. The molecule has 19 heavy (non-hydrogen) atoms. The number of carbonyl (C=O) groups excluding carboxylic acids is 1. The lowest BCUT2D eigenvalue weighted by Crippen LogP contribution is -2.03. The predicted molar refractivity (Wildman–Crippen MR) is 70.7 cm³/mol. The topological polar surface area (TPSA) is 79.5 Å². The number of carbonyl (C=O) groups is 1. The summed E-state index contributed by atoms with van der Waals surface area (Å²) in [7, 11) is 0. The number of rotatable bonds is 2. The minimum Gasteiger partial charge on any atom is -0.445 e. The second-order valence-corrected chi connectivity index (χ2v) is 4.86. The molecule has 0 saturated carbocycles. The van der Waals surface area contributed by atoms with Crippen LogP contribution in [0.4, 0.5) is 5.69 Å². The first-order valence-corrected chi connectivity index (χ1v) is 6.59. The molecule has 0 bridgehead atoms. The third-order valence-corrected chi connectivity index (χ3v) is 3.33. The van der Waals surface area contributed by atoms with Gasteiger partial charge in [0.1, 0.15) is 5.76 Å². The van der Waals surface area contributed by atoms with Crippen LogP contribution in [0.25, 0.3) is 11.6 Å². The SMILES string of the molecule is O=C1Nc2ccccc2C1=Cc1ccc(S(=O)O)o1. The Labute approximate surface area is 111 Å². The minimum absolute atomic E-state index is 0.0430. The van der Waals surface area contributed by atoms with Crippen LogP contribution < -0.4 is 5.32 Å². The maximum atomic E-state index is 11.8. The number of hydrogen-bond acceptors (Lipinski definition) is 3. The van der Waals surface area contributed by atoms with Crippen molar-refractivity contribution in [2.45, 2.75) is 5.09 Å². The van der Waals surface area contributed by atoms with Crippen molar-refractivity contribution in [3.63, 3.8) is 0 Å². The van der Waals surface area contributed by atoms with Crippen molar-refractivity contribution in [3.05, 3.63) is 47.7 Å². The largest absolute Gasteiger partial charge is 0.445 e. The number of amides is 1. The van der Waals surface area contributed by atoms with Crippen LogP contribution in [0.3, 0.4) is 0 Å². The molecular weight excluding hydrogens is 266 g/mol. The quantitative estimate of drug-likeness (QED) is 0.651. The smallest absolute Gasteiger partial charge is 0.256 e. The molecule has 1 aliphatic rings. The molecule has 6 heteroatoms. The van der Waals surface area contributed by atoms with E-state index in [2.05, 4.69) is 5.32 Å². The molecular formula is C13H9NO4S. The highest BCUT2D eigenvalue weighted by Crippen LogP contribution is 2.32. The zero-order valence-corrected chi connectivity index (χ0v) is 10.4. The second-order valence-electron chi connectivity index (χ2n) is 3.96. The van der Waals surface area contributed by atoms with E-state index in [1.807, 2.05) is 24.3 Å². The molecule has 0 aliphatic carbocycles. The van der Waals surface area contributed by atoms with Gasteiger partial charge in [0.2, 0.25) is 16.2 Å². The van der Waals surface area contributed by atoms with Crippen molar-refractivity contribution < 1.29 is 18.0 Å². The lowest BCUT2D eigenvalue weighted by molar-refractivity contribution is -0.110. The molecule has 2 N–H and O–H groups in total. The van der Waals surface area contributed by atoms with Crippen LogP contribution in [0.2, 0.25) is 0 Å². The molecule has 3 rings (SSSR count). The summed E-state index contributed by atoms with van der Waals surface area (Å²) in [5, 5.41) is 2.70.